The Morgan fingerprint density at radius 1 is 0.313 bits per heavy atom. The van der Waals surface area contributed by atoms with E-state index in [-0.39, 0.29) is 0 Å². The number of para-hydroxylation sites is 4. The summed E-state index contributed by atoms with van der Waals surface area (Å²) in [6, 6.07) is 93.1. The lowest BCUT2D eigenvalue weighted by molar-refractivity contribution is 1.18. The van der Waals surface area contributed by atoms with E-state index in [1.807, 2.05) is 11.3 Å². The molecule has 13 rings (SSSR count). The second kappa shape index (κ2) is 16.2. The Morgan fingerprint density at radius 2 is 0.806 bits per heavy atom. The Balaban J connectivity index is 0.918. The SMILES string of the molecule is c1ccc(N(c2ccc(-c3ccc(-c4ccc5ccccc5c4)cc3)cc2)c2ccc(-c3ccccc3-n3c4ccccc4c4ccccc43)cc2)c(-c2cccc3c2sc2ccccc23)c1. The van der Waals surface area contributed by atoms with Crippen molar-refractivity contribution in [3.8, 4) is 50.2 Å². The van der Waals surface area contributed by atoms with Crippen LogP contribution in [-0.2, 0) is 0 Å². The fourth-order valence-electron chi connectivity index (χ4n) is 10.2. The summed E-state index contributed by atoms with van der Waals surface area (Å²) in [5.41, 5.74) is 16.4. The van der Waals surface area contributed by atoms with E-state index in [1.165, 1.54) is 91.7 Å². The molecule has 11 aromatic carbocycles. The molecule has 0 bridgehead atoms. The molecule has 2 aromatic heterocycles. The van der Waals surface area contributed by atoms with E-state index in [4.69, 9.17) is 0 Å². The number of benzene rings is 11. The van der Waals surface area contributed by atoms with Gasteiger partial charge in [-0.2, -0.15) is 0 Å². The zero-order valence-electron chi connectivity index (χ0n) is 36.6. The van der Waals surface area contributed by atoms with E-state index in [2.05, 4.69) is 264 Å². The van der Waals surface area contributed by atoms with Crippen molar-refractivity contribution < 1.29 is 0 Å². The van der Waals surface area contributed by atoms with Crippen LogP contribution >= 0.6 is 11.3 Å². The van der Waals surface area contributed by atoms with Gasteiger partial charge in [0.05, 0.1) is 22.4 Å². The van der Waals surface area contributed by atoms with Crippen molar-refractivity contribution in [2.24, 2.45) is 0 Å². The van der Waals surface area contributed by atoms with E-state index >= 15 is 0 Å². The first kappa shape index (κ1) is 38.9. The molecule has 2 nitrogen and oxygen atoms in total. The highest BCUT2D eigenvalue weighted by atomic mass is 32.1. The van der Waals surface area contributed by atoms with E-state index in [0.29, 0.717) is 0 Å². The lowest BCUT2D eigenvalue weighted by atomic mass is 9.97. The van der Waals surface area contributed by atoms with Crippen molar-refractivity contribution >= 4 is 81.1 Å². The van der Waals surface area contributed by atoms with Crippen molar-refractivity contribution in [1.29, 1.82) is 0 Å². The first-order chi connectivity index (χ1) is 33.2. The predicted octanol–water partition coefficient (Wildman–Crippen LogP) is 18.4. The summed E-state index contributed by atoms with van der Waals surface area (Å²) in [7, 11) is 0. The Hall–Kier alpha value is -8.50. The van der Waals surface area contributed by atoms with E-state index in [0.717, 1.165) is 28.3 Å². The number of fused-ring (bicyclic) bond motifs is 7. The number of hydrogen-bond donors (Lipinski definition) is 0. The summed E-state index contributed by atoms with van der Waals surface area (Å²) in [4.78, 5) is 2.43. The molecule has 3 heteroatoms. The molecule has 0 aliphatic rings. The molecular formula is C64H42N2S. The summed E-state index contributed by atoms with van der Waals surface area (Å²) < 4.78 is 5.02. The second-order valence-corrected chi connectivity index (χ2v) is 18.3. The Labute approximate surface area is 393 Å². The van der Waals surface area contributed by atoms with E-state index < -0.39 is 0 Å². The van der Waals surface area contributed by atoms with Crippen LogP contribution in [0.4, 0.5) is 17.1 Å². The van der Waals surface area contributed by atoms with Gasteiger partial charge in [-0.05, 0) is 99.3 Å². The van der Waals surface area contributed by atoms with Gasteiger partial charge in [0.2, 0.25) is 0 Å². The van der Waals surface area contributed by atoms with Gasteiger partial charge in [-0.15, -0.1) is 11.3 Å². The minimum atomic E-state index is 1.08. The van der Waals surface area contributed by atoms with Crippen LogP contribution in [0.1, 0.15) is 0 Å². The zero-order chi connectivity index (χ0) is 44.3. The molecule has 314 valence electrons. The minimum Gasteiger partial charge on any atom is -0.310 e. The second-order valence-electron chi connectivity index (χ2n) is 17.3. The third kappa shape index (κ3) is 6.71. The van der Waals surface area contributed by atoms with Crippen LogP contribution in [0.2, 0.25) is 0 Å². The molecule has 0 fully saturated rings. The number of aromatic nitrogens is 1. The Morgan fingerprint density at radius 3 is 1.52 bits per heavy atom. The predicted molar refractivity (Wildman–Crippen MR) is 288 cm³/mol. The van der Waals surface area contributed by atoms with Crippen molar-refractivity contribution in [3.63, 3.8) is 0 Å². The van der Waals surface area contributed by atoms with Gasteiger partial charge in [0, 0.05) is 59.0 Å². The number of hydrogen-bond acceptors (Lipinski definition) is 2. The molecule has 13 aromatic rings. The molecule has 0 unspecified atom stereocenters. The van der Waals surface area contributed by atoms with E-state index in [9.17, 15) is 0 Å². The quantitative estimate of drug-likeness (QED) is 0.148. The topological polar surface area (TPSA) is 8.17 Å². The maximum Gasteiger partial charge on any atom is 0.0541 e. The molecule has 0 saturated heterocycles. The highest BCUT2D eigenvalue weighted by Crippen LogP contribution is 2.47. The molecule has 0 aliphatic carbocycles. The Kier molecular flexibility index (Phi) is 9.40. The number of thiophene rings is 1. The van der Waals surface area contributed by atoms with Gasteiger partial charge in [0.15, 0.2) is 0 Å². The van der Waals surface area contributed by atoms with Gasteiger partial charge in [-0.1, -0.05) is 194 Å². The highest BCUT2D eigenvalue weighted by Gasteiger charge is 2.21. The summed E-state index contributed by atoms with van der Waals surface area (Å²) in [5, 5.41) is 7.62. The van der Waals surface area contributed by atoms with Crippen LogP contribution in [0, 0.1) is 0 Å². The standard InChI is InChI=1S/C64H42N2S/c1-2-15-48-42-49(33-32-43(48)14-1)46-30-28-44(29-31-46)45-34-38-50(39-35-45)65(60-24-9-6-19-55(60)57-21-13-22-58-56-20-7-12-27-63(56)67-64(57)58)51-40-36-47(37-41-51)52-16-3-8-23-59(52)66-61-25-10-4-17-53(61)54-18-5-11-26-62(54)66/h1-42H. The first-order valence-corrected chi connectivity index (χ1v) is 23.7. The molecule has 0 spiro atoms. The zero-order valence-corrected chi connectivity index (χ0v) is 37.4. The van der Waals surface area contributed by atoms with Crippen LogP contribution in [0.15, 0.2) is 255 Å². The summed E-state index contributed by atoms with van der Waals surface area (Å²) in [6.07, 6.45) is 0. The lowest BCUT2D eigenvalue weighted by Gasteiger charge is -2.28. The molecule has 0 N–H and O–H groups in total. The summed E-state index contributed by atoms with van der Waals surface area (Å²) in [6.45, 7) is 0. The average molecular weight is 871 g/mol. The molecule has 67 heavy (non-hydrogen) atoms. The van der Waals surface area contributed by atoms with Gasteiger partial charge in [-0.3, -0.25) is 0 Å². The summed E-state index contributed by atoms with van der Waals surface area (Å²) in [5.74, 6) is 0. The van der Waals surface area contributed by atoms with Crippen molar-refractivity contribution in [1.82, 2.24) is 4.57 Å². The fraction of sp³-hybridized carbons (Fsp3) is 0. The molecule has 0 aliphatic heterocycles. The van der Waals surface area contributed by atoms with Gasteiger partial charge in [0.25, 0.3) is 0 Å². The van der Waals surface area contributed by atoms with Crippen LogP contribution in [-0.4, -0.2) is 4.57 Å². The largest absolute Gasteiger partial charge is 0.310 e. The van der Waals surface area contributed by atoms with Gasteiger partial charge < -0.3 is 9.47 Å². The highest BCUT2D eigenvalue weighted by molar-refractivity contribution is 7.26. The molecule has 0 radical (unpaired) electrons. The first-order valence-electron chi connectivity index (χ1n) is 22.9. The van der Waals surface area contributed by atoms with Crippen molar-refractivity contribution in [3.05, 3.63) is 255 Å². The third-order valence-electron chi connectivity index (χ3n) is 13.4. The van der Waals surface area contributed by atoms with Crippen LogP contribution in [0.25, 0.3) is 103 Å². The molecular weight excluding hydrogens is 829 g/mol. The number of nitrogens with zero attached hydrogens (tertiary/aromatic N) is 2. The molecule has 2 heterocycles. The monoisotopic (exact) mass is 870 g/mol. The summed E-state index contributed by atoms with van der Waals surface area (Å²) >= 11 is 1.87. The number of rotatable bonds is 8. The smallest absolute Gasteiger partial charge is 0.0541 e. The normalized spacial score (nSPS) is 11.6. The average Bonchev–Trinajstić information content (AvgIpc) is 3.95. The van der Waals surface area contributed by atoms with Crippen LogP contribution < -0.4 is 4.90 Å². The van der Waals surface area contributed by atoms with Gasteiger partial charge >= 0.3 is 0 Å². The minimum absolute atomic E-state index is 1.08. The number of anilines is 3. The van der Waals surface area contributed by atoms with Crippen LogP contribution in [0.5, 0.6) is 0 Å². The lowest BCUT2D eigenvalue weighted by Crippen LogP contribution is -2.11. The third-order valence-corrected chi connectivity index (χ3v) is 14.6. The van der Waals surface area contributed by atoms with Crippen molar-refractivity contribution in [2.75, 3.05) is 4.90 Å². The maximum absolute atomic E-state index is 2.43. The molecule has 0 amide bonds. The van der Waals surface area contributed by atoms with Crippen molar-refractivity contribution in [2.45, 2.75) is 0 Å². The van der Waals surface area contributed by atoms with Gasteiger partial charge in [-0.25, -0.2) is 0 Å². The van der Waals surface area contributed by atoms with Crippen LogP contribution in [0.3, 0.4) is 0 Å². The maximum atomic E-state index is 2.43. The molecule has 0 atom stereocenters. The van der Waals surface area contributed by atoms with Gasteiger partial charge in [0.1, 0.15) is 0 Å². The fourth-order valence-corrected chi connectivity index (χ4v) is 11.4. The Bertz CT molecular complexity index is 3920. The van der Waals surface area contributed by atoms with E-state index in [1.54, 1.807) is 0 Å². The molecule has 0 saturated carbocycles.